The van der Waals surface area contributed by atoms with Gasteiger partial charge in [0.1, 0.15) is 11.4 Å². The molecule has 11 rings (SSSR count). The Kier molecular flexibility index (Phi) is 12.7. The molecule has 4 aromatic heterocycles. The van der Waals surface area contributed by atoms with Gasteiger partial charge in [0.05, 0.1) is 28.0 Å². The molecule has 0 N–H and O–H groups in total. The van der Waals surface area contributed by atoms with Crippen molar-refractivity contribution in [2.45, 2.75) is 91.9 Å². The van der Waals surface area contributed by atoms with Gasteiger partial charge in [-0.2, -0.15) is 0 Å². The van der Waals surface area contributed by atoms with Crippen molar-refractivity contribution in [3.8, 4) is 39.5 Å². The largest absolute Gasteiger partial charge is 0.500 e. The second-order valence-electron chi connectivity index (χ2n) is 20.6. The minimum Gasteiger partial charge on any atom is -0.500 e. The molecule has 11 aromatic rings. The van der Waals surface area contributed by atoms with E-state index in [4.69, 9.17) is 19.4 Å². The van der Waals surface area contributed by atoms with Gasteiger partial charge in [-0.05, 0) is 86.5 Å². The van der Waals surface area contributed by atoms with Gasteiger partial charge in [-0.15, -0.1) is 54.1 Å². The van der Waals surface area contributed by atoms with Gasteiger partial charge < -0.3 is 14.0 Å². The van der Waals surface area contributed by atoms with Gasteiger partial charge in [0, 0.05) is 65.8 Å². The number of pyridine rings is 1. The minimum atomic E-state index is -0.161. The van der Waals surface area contributed by atoms with E-state index < -0.39 is 0 Å². The average Bonchev–Trinajstić information content (AvgIpc) is 3.91. The van der Waals surface area contributed by atoms with Crippen LogP contribution in [0.3, 0.4) is 0 Å². The van der Waals surface area contributed by atoms with E-state index in [1.165, 1.54) is 38.9 Å². The number of hydrogen-bond acceptors (Lipinski definition) is 5. The summed E-state index contributed by atoms with van der Waals surface area (Å²) in [4.78, 5) is 19.5. The Morgan fingerprint density at radius 3 is 2.00 bits per heavy atom. The van der Waals surface area contributed by atoms with Crippen LogP contribution >= 0.6 is 0 Å². The molecule has 4 heterocycles. The molecule has 6 nitrogen and oxygen atoms in total. The van der Waals surface area contributed by atoms with E-state index in [2.05, 4.69) is 200 Å². The van der Waals surface area contributed by atoms with Crippen LogP contribution in [0.25, 0.3) is 94.1 Å². The standard InChI is InChI=1S/C47H41N4O.C15H16N.Ir/c1-27(2)36-22-31(29-14-9-8-10-15-29)23-37(28(3)4)42(36)51-43-33-17-12-11-16-30(33)20-21-39(43)49-45(51)35-19-13-18-34-38-24-32-26-48-46(47(5,6)7)50-40(32)25-41(38)52-44(34)35;1-15(2,3)13-9-10-16-14(11-13)12-7-5-4-6-8-12;/h8-18,20-28H,1-7H3;4-7,9-11H,1-3H3;/q2*-1;. The topological polar surface area (TPSA) is 69.6 Å². The Labute approximate surface area is 419 Å². The number of imidazole rings is 1. The molecule has 7 aromatic carbocycles. The summed E-state index contributed by atoms with van der Waals surface area (Å²) in [5, 5.41) is 5.36. The van der Waals surface area contributed by atoms with Crippen LogP contribution in [0.15, 0.2) is 156 Å². The molecule has 0 fully saturated rings. The average molecular weight is 1080 g/mol. The van der Waals surface area contributed by atoms with E-state index in [1.54, 1.807) is 0 Å². The molecule has 347 valence electrons. The fraction of sp³-hybridized carbons (Fsp3) is 0.226. The molecule has 7 heteroatoms. The van der Waals surface area contributed by atoms with Crippen molar-refractivity contribution in [2.75, 3.05) is 0 Å². The predicted octanol–water partition coefficient (Wildman–Crippen LogP) is 16.5. The number of furan rings is 1. The Bertz CT molecular complexity index is 3620. The Morgan fingerprint density at radius 2 is 1.30 bits per heavy atom. The molecule has 0 aliphatic heterocycles. The van der Waals surface area contributed by atoms with Crippen molar-refractivity contribution in [1.29, 1.82) is 0 Å². The predicted molar refractivity (Wildman–Crippen MR) is 283 cm³/mol. The number of hydrogen-bond donors (Lipinski definition) is 0. The van der Waals surface area contributed by atoms with E-state index >= 15 is 0 Å². The van der Waals surface area contributed by atoms with Gasteiger partial charge in [0.25, 0.3) is 0 Å². The molecule has 0 aliphatic carbocycles. The molecule has 1 radical (unpaired) electrons. The van der Waals surface area contributed by atoms with Crippen LogP contribution in [0.1, 0.15) is 104 Å². The summed E-state index contributed by atoms with van der Waals surface area (Å²) in [7, 11) is 0. The first-order valence-electron chi connectivity index (χ1n) is 23.8. The van der Waals surface area contributed by atoms with E-state index in [1.807, 2.05) is 42.7 Å². The monoisotopic (exact) mass is 1080 g/mol. The number of aromatic nitrogens is 5. The maximum absolute atomic E-state index is 6.83. The maximum Gasteiger partial charge on any atom is 0.134 e. The van der Waals surface area contributed by atoms with Gasteiger partial charge >= 0.3 is 0 Å². The maximum atomic E-state index is 6.83. The van der Waals surface area contributed by atoms with Crippen LogP contribution in [0, 0.1) is 12.1 Å². The Balaban J connectivity index is 0.000000296. The van der Waals surface area contributed by atoms with Crippen LogP contribution in [-0.2, 0) is 30.9 Å². The summed E-state index contributed by atoms with van der Waals surface area (Å²) < 4.78 is 9.24. The zero-order chi connectivity index (χ0) is 47.5. The molecular weight excluding hydrogens is 1020 g/mol. The second-order valence-corrected chi connectivity index (χ2v) is 20.6. The zero-order valence-electron chi connectivity index (χ0n) is 41.1. The SMILES string of the molecule is CC(C)(C)c1ccnc(-c2[c-]cccc2)c1.CC(C)c1cc(-c2ccccc2)cc(C(C)C)c1-n1c(-c2[c-]ccc3c2oc2cc4nc(C(C)(C)C)ncc4cc23)nc2ccc3ccccc3c21.[Ir]. The first-order chi connectivity index (χ1) is 32.6. The van der Waals surface area contributed by atoms with Gasteiger partial charge in [0.15, 0.2) is 0 Å². The fourth-order valence-electron chi connectivity index (χ4n) is 9.23. The molecule has 0 saturated heterocycles. The number of fused-ring (bicyclic) bond motifs is 7. The first-order valence-corrected chi connectivity index (χ1v) is 23.8. The van der Waals surface area contributed by atoms with Crippen molar-refractivity contribution in [1.82, 2.24) is 24.5 Å². The number of rotatable bonds is 6. The molecule has 0 unspecified atom stereocenters. The van der Waals surface area contributed by atoms with Gasteiger partial charge in [-0.1, -0.05) is 147 Å². The second kappa shape index (κ2) is 18.6. The van der Waals surface area contributed by atoms with Crippen LogP contribution in [-0.4, -0.2) is 24.5 Å². The van der Waals surface area contributed by atoms with Crippen LogP contribution in [0.4, 0.5) is 0 Å². The third kappa shape index (κ3) is 9.02. The zero-order valence-corrected chi connectivity index (χ0v) is 43.5. The number of benzene rings is 7. The van der Waals surface area contributed by atoms with E-state index in [9.17, 15) is 0 Å². The van der Waals surface area contributed by atoms with Crippen LogP contribution < -0.4 is 0 Å². The quantitative estimate of drug-likeness (QED) is 0.155. The molecular formula is C62H57IrN5O-2. The summed E-state index contributed by atoms with van der Waals surface area (Å²) in [6.45, 7) is 22.2. The molecule has 0 amide bonds. The van der Waals surface area contributed by atoms with E-state index in [0.29, 0.717) is 0 Å². The summed E-state index contributed by atoms with van der Waals surface area (Å²) in [6.07, 6.45) is 3.80. The summed E-state index contributed by atoms with van der Waals surface area (Å²) in [6, 6.07) is 55.7. The fourth-order valence-corrected chi connectivity index (χ4v) is 9.23. The summed E-state index contributed by atoms with van der Waals surface area (Å²) in [5.41, 5.74) is 14.8. The molecule has 0 bridgehead atoms. The Hall–Kier alpha value is -6.79. The van der Waals surface area contributed by atoms with E-state index in [-0.39, 0.29) is 42.8 Å². The Morgan fingerprint density at radius 1 is 0.580 bits per heavy atom. The van der Waals surface area contributed by atoms with Crippen LogP contribution in [0.2, 0.25) is 0 Å². The summed E-state index contributed by atoms with van der Waals surface area (Å²) in [5.74, 6) is 2.11. The molecule has 0 aliphatic rings. The minimum absolute atomic E-state index is 0. The smallest absolute Gasteiger partial charge is 0.134 e. The van der Waals surface area contributed by atoms with Crippen molar-refractivity contribution < 1.29 is 24.5 Å². The first kappa shape index (κ1) is 47.3. The van der Waals surface area contributed by atoms with Crippen molar-refractivity contribution in [3.05, 3.63) is 187 Å². The van der Waals surface area contributed by atoms with Gasteiger partial charge in [-0.3, -0.25) is 4.98 Å². The molecule has 69 heavy (non-hydrogen) atoms. The van der Waals surface area contributed by atoms with Gasteiger partial charge in [0.2, 0.25) is 0 Å². The third-order valence-corrected chi connectivity index (χ3v) is 12.9. The van der Waals surface area contributed by atoms with Crippen LogP contribution in [0.5, 0.6) is 0 Å². The molecule has 0 spiro atoms. The van der Waals surface area contributed by atoms with Crippen molar-refractivity contribution >= 4 is 54.6 Å². The summed E-state index contributed by atoms with van der Waals surface area (Å²) >= 11 is 0. The van der Waals surface area contributed by atoms with Crippen molar-refractivity contribution in [3.63, 3.8) is 0 Å². The van der Waals surface area contributed by atoms with Gasteiger partial charge in [-0.25, -0.2) is 9.97 Å². The molecule has 0 atom stereocenters. The third-order valence-electron chi connectivity index (χ3n) is 12.9. The number of nitrogens with zero attached hydrogens (tertiary/aromatic N) is 5. The molecule has 0 saturated carbocycles. The normalized spacial score (nSPS) is 12.1. The van der Waals surface area contributed by atoms with E-state index in [0.717, 1.165) is 77.7 Å². The van der Waals surface area contributed by atoms with Crippen molar-refractivity contribution in [2.24, 2.45) is 0 Å².